The van der Waals surface area contributed by atoms with Gasteiger partial charge in [-0.05, 0) is 37.0 Å². The van der Waals surface area contributed by atoms with Gasteiger partial charge in [0.1, 0.15) is 5.75 Å². The van der Waals surface area contributed by atoms with Crippen LogP contribution in [-0.2, 0) is 4.79 Å². The number of hydrogen-bond acceptors (Lipinski definition) is 3. The molecule has 2 aromatic carbocycles. The number of ether oxygens (including phenoxy) is 1. The summed E-state index contributed by atoms with van der Waals surface area (Å²) in [7, 11) is 0. The Labute approximate surface area is 181 Å². The second kappa shape index (κ2) is 11.0. The van der Waals surface area contributed by atoms with Crippen LogP contribution < -0.4 is 19.9 Å². The normalized spacial score (nSPS) is 15.8. The van der Waals surface area contributed by atoms with Gasteiger partial charge in [0.2, 0.25) is 0 Å². The minimum absolute atomic E-state index is 0.0810. The second-order valence-corrected chi connectivity index (χ2v) is 8.47. The zero-order valence-electron chi connectivity index (χ0n) is 18.6. The Morgan fingerprint density at radius 3 is 2.40 bits per heavy atom. The highest BCUT2D eigenvalue weighted by molar-refractivity contribution is 5.77. The van der Waals surface area contributed by atoms with Crippen molar-refractivity contribution < 1.29 is 14.4 Å². The Kier molecular flexibility index (Phi) is 8.14. The van der Waals surface area contributed by atoms with E-state index in [0.717, 1.165) is 44.0 Å². The van der Waals surface area contributed by atoms with Gasteiger partial charge in [-0.15, -0.1) is 0 Å². The number of rotatable bonds is 9. The molecule has 1 heterocycles. The first kappa shape index (κ1) is 22.2. The molecule has 5 nitrogen and oxygen atoms in total. The number of hydrogen-bond donors (Lipinski definition) is 2. The molecule has 1 saturated heterocycles. The fraction of sp³-hybridized carbons (Fsp3) is 0.480. The van der Waals surface area contributed by atoms with E-state index in [1.165, 1.54) is 10.5 Å². The van der Waals surface area contributed by atoms with Gasteiger partial charge in [0.25, 0.3) is 5.91 Å². The van der Waals surface area contributed by atoms with Crippen LogP contribution in [0.2, 0.25) is 0 Å². The molecule has 1 fully saturated rings. The first-order valence-corrected chi connectivity index (χ1v) is 11.2. The number of anilines is 1. The highest BCUT2D eigenvalue weighted by Crippen LogP contribution is 2.27. The van der Waals surface area contributed by atoms with E-state index in [0.29, 0.717) is 19.1 Å². The van der Waals surface area contributed by atoms with E-state index in [9.17, 15) is 4.79 Å². The van der Waals surface area contributed by atoms with Gasteiger partial charge in [-0.1, -0.05) is 56.3 Å². The van der Waals surface area contributed by atoms with Crippen LogP contribution in [0.4, 0.5) is 5.69 Å². The van der Waals surface area contributed by atoms with Crippen LogP contribution in [0.25, 0.3) is 0 Å². The Hall–Kier alpha value is -2.53. The summed E-state index contributed by atoms with van der Waals surface area (Å²) in [5.74, 6) is 1.61. The number of piperazine rings is 1. The molecule has 1 aliphatic rings. The monoisotopic (exact) mass is 410 g/mol. The van der Waals surface area contributed by atoms with Gasteiger partial charge in [-0.25, -0.2) is 0 Å². The number of carbonyl (C=O) groups is 1. The van der Waals surface area contributed by atoms with Crippen molar-refractivity contribution >= 4 is 11.6 Å². The Bertz CT molecular complexity index is 786. The maximum atomic E-state index is 12.8. The summed E-state index contributed by atoms with van der Waals surface area (Å²) >= 11 is 0. The van der Waals surface area contributed by atoms with Crippen molar-refractivity contribution in [2.75, 3.05) is 44.2 Å². The molecule has 5 heteroatoms. The highest BCUT2D eigenvalue weighted by Gasteiger charge is 2.25. The molecule has 1 atom stereocenters. The smallest absolute Gasteiger partial charge is 0.275 e. The van der Waals surface area contributed by atoms with E-state index in [2.05, 4.69) is 48.3 Å². The Morgan fingerprint density at radius 1 is 1.07 bits per heavy atom. The molecule has 1 aliphatic heterocycles. The number of quaternary nitrogens is 1. The van der Waals surface area contributed by atoms with Gasteiger partial charge in [-0.2, -0.15) is 0 Å². The zero-order valence-corrected chi connectivity index (χ0v) is 18.6. The molecule has 3 rings (SSSR count). The Balaban J connectivity index is 1.53. The number of nitrogens with zero attached hydrogens (tertiary/aromatic N) is 1. The third-order valence-corrected chi connectivity index (χ3v) is 5.63. The summed E-state index contributed by atoms with van der Waals surface area (Å²) in [5, 5.41) is 3.29. The third-order valence-electron chi connectivity index (χ3n) is 5.63. The van der Waals surface area contributed by atoms with Gasteiger partial charge in [0, 0.05) is 0 Å². The van der Waals surface area contributed by atoms with Crippen molar-refractivity contribution in [3.8, 4) is 5.75 Å². The van der Waals surface area contributed by atoms with E-state index in [1.54, 1.807) is 0 Å². The SMILES string of the molecule is CCOc1ccccc1N1CC[NH+](CC(=O)N[C@H](CC(C)C)c2ccccc2)CC1. The van der Waals surface area contributed by atoms with Crippen molar-refractivity contribution in [1.29, 1.82) is 0 Å². The molecule has 30 heavy (non-hydrogen) atoms. The Morgan fingerprint density at radius 2 is 1.73 bits per heavy atom. The maximum Gasteiger partial charge on any atom is 0.275 e. The highest BCUT2D eigenvalue weighted by atomic mass is 16.5. The lowest BCUT2D eigenvalue weighted by molar-refractivity contribution is -0.892. The molecule has 0 bridgehead atoms. The minimum Gasteiger partial charge on any atom is -0.492 e. The van der Waals surface area contributed by atoms with Gasteiger partial charge in [0.05, 0.1) is 44.5 Å². The fourth-order valence-corrected chi connectivity index (χ4v) is 4.14. The average Bonchev–Trinajstić information content (AvgIpc) is 2.75. The lowest BCUT2D eigenvalue weighted by Gasteiger charge is -2.34. The van der Waals surface area contributed by atoms with Crippen LogP contribution in [-0.4, -0.2) is 45.2 Å². The molecule has 0 aliphatic carbocycles. The lowest BCUT2D eigenvalue weighted by atomic mass is 9.97. The summed E-state index contributed by atoms with van der Waals surface area (Å²) in [6, 6.07) is 18.6. The average molecular weight is 411 g/mol. The number of carbonyl (C=O) groups excluding carboxylic acids is 1. The van der Waals surface area contributed by atoms with Crippen LogP contribution in [0.1, 0.15) is 38.8 Å². The van der Waals surface area contributed by atoms with E-state index < -0.39 is 0 Å². The second-order valence-electron chi connectivity index (χ2n) is 8.47. The fourth-order valence-electron chi connectivity index (χ4n) is 4.14. The molecule has 0 aromatic heterocycles. The summed E-state index contributed by atoms with van der Waals surface area (Å²) < 4.78 is 5.79. The van der Waals surface area contributed by atoms with E-state index in [-0.39, 0.29) is 11.9 Å². The predicted molar refractivity (Wildman–Crippen MR) is 122 cm³/mol. The van der Waals surface area contributed by atoms with Crippen molar-refractivity contribution in [2.45, 2.75) is 33.2 Å². The lowest BCUT2D eigenvalue weighted by Crippen LogP contribution is -3.16. The number of amides is 1. The first-order chi connectivity index (χ1) is 14.6. The van der Waals surface area contributed by atoms with Crippen LogP contribution in [0.15, 0.2) is 54.6 Å². The summed E-state index contributed by atoms with van der Waals surface area (Å²) in [4.78, 5) is 16.5. The predicted octanol–water partition coefficient (Wildman–Crippen LogP) is 2.69. The largest absolute Gasteiger partial charge is 0.492 e. The molecule has 0 radical (unpaired) electrons. The van der Waals surface area contributed by atoms with Gasteiger partial charge >= 0.3 is 0 Å². The summed E-state index contributed by atoms with van der Waals surface area (Å²) in [5.41, 5.74) is 2.34. The van der Waals surface area contributed by atoms with Gasteiger partial charge in [0.15, 0.2) is 6.54 Å². The van der Waals surface area contributed by atoms with E-state index in [4.69, 9.17) is 4.74 Å². The quantitative estimate of drug-likeness (QED) is 0.668. The topological polar surface area (TPSA) is 46.0 Å². The van der Waals surface area contributed by atoms with Crippen LogP contribution in [0, 0.1) is 5.92 Å². The van der Waals surface area contributed by atoms with Crippen LogP contribution >= 0.6 is 0 Å². The molecule has 0 saturated carbocycles. The molecular weight excluding hydrogens is 374 g/mol. The number of para-hydroxylation sites is 2. The third kappa shape index (κ3) is 6.23. The van der Waals surface area contributed by atoms with Crippen LogP contribution in [0.3, 0.4) is 0 Å². The molecule has 1 amide bonds. The zero-order chi connectivity index (χ0) is 21.3. The molecule has 0 unspecified atom stereocenters. The number of nitrogens with one attached hydrogen (secondary N) is 2. The maximum absolute atomic E-state index is 12.8. The van der Waals surface area contributed by atoms with Crippen molar-refractivity contribution in [3.05, 3.63) is 60.2 Å². The molecule has 0 spiro atoms. The minimum atomic E-state index is 0.0810. The van der Waals surface area contributed by atoms with E-state index in [1.807, 2.05) is 37.3 Å². The van der Waals surface area contributed by atoms with Crippen molar-refractivity contribution in [2.24, 2.45) is 5.92 Å². The van der Waals surface area contributed by atoms with Gasteiger partial charge in [-0.3, -0.25) is 4.79 Å². The summed E-state index contributed by atoms with van der Waals surface area (Å²) in [6.07, 6.45) is 0.951. The molecule has 162 valence electrons. The molecular formula is C25H36N3O2+. The van der Waals surface area contributed by atoms with Crippen molar-refractivity contribution in [3.63, 3.8) is 0 Å². The van der Waals surface area contributed by atoms with Gasteiger partial charge < -0.3 is 19.9 Å². The van der Waals surface area contributed by atoms with Crippen molar-refractivity contribution in [1.82, 2.24) is 5.32 Å². The number of benzene rings is 2. The first-order valence-electron chi connectivity index (χ1n) is 11.2. The van der Waals surface area contributed by atoms with E-state index >= 15 is 0 Å². The summed E-state index contributed by atoms with van der Waals surface area (Å²) in [6.45, 7) is 11.4. The molecule has 2 aromatic rings. The van der Waals surface area contributed by atoms with Crippen LogP contribution in [0.5, 0.6) is 5.75 Å². The molecule has 2 N–H and O–H groups in total. The standard InChI is InChI=1S/C25H35N3O2/c1-4-30-24-13-9-8-12-23(24)28-16-14-27(15-17-28)19-25(29)26-22(18-20(2)3)21-10-6-5-7-11-21/h5-13,20,22H,4,14-19H2,1-3H3,(H,26,29)/p+1/t22-/m1/s1.